The molecule has 178 valence electrons. The van der Waals surface area contributed by atoms with Gasteiger partial charge in [-0.2, -0.15) is 0 Å². The van der Waals surface area contributed by atoms with Crippen LogP contribution in [-0.2, 0) is 16.1 Å². The maximum atomic E-state index is 13.9. The van der Waals surface area contributed by atoms with E-state index in [2.05, 4.69) is 36.5 Å². The zero-order chi connectivity index (χ0) is 24.2. The van der Waals surface area contributed by atoms with Crippen molar-refractivity contribution in [3.05, 3.63) is 108 Å². The first-order valence-corrected chi connectivity index (χ1v) is 12.3. The van der Waals surface area contributed by atoms with Gasteiger partial charge in [0.1, 0.15) is 6.04 Å². The Balaban J connectivity index is 1.90. The average molecular weight is 457 g/mol. The highest BCUT2D eigenvalue weighted by Gasteiger charge is 2.30. The number of nitrogens with zero attached hydrogens (tertiary/aromatic N) is 1. The van der Waals surface area contributed by atoms with Gasteiger partial charge in [0, 0.05) is 25.4 Å². The van der Waals surface area contributed by atoms with E-state index in [0.717, 1.165) is 29.5 Å². The fraction of sp³-hybridized carbons (Fsp3) is 0.333. The molecule has 4 heteroatoms. The minimum Gasteiger partial charge on any atom is -0.354 e. The van der Waals surface area contributed by atoms with Crippen LogP contribution in [0.25, 0.3) is 0 Å². The molecule has 1 unspecified atom stereocenters. The molecule has 0 saturated heterocycles. The van der Waals surface area contributed by atoms with E-state index in [1.165, 1.54) is 0 Å². The van der Waals surface area contributed by atoms with E-state index in [-0.39, 0.29) is 17.7 Å². The number of hydrogen-bond acceptors (Lipinski definition) is 2. The van der Waals surface area contributed by atoms with Crippen LogP contribution >= 0.6 is 0 Å². The molecule has 0 aliphatic rings. The first-order chi connectivity index (χ1) is 16.6. The number of unbranched alkanes of at least 4 members (excludes halogenated alkanes) is 1. The Labute approximate surface area is 204 Å². The highest BCUT2D eigenvalue weighted by Crippen LogP contribution is 2.29. The van der Waals surface area contributed by atoms with E-state index in [0.29, 0.717) is 25.9 Å². The van der Waals surface area contributed by atoms with E-state index < -0.39 is 6.04 Å². The lowest BCUT2D eigenvalue weighted by Gasteiger charge is -2.32. The van der Waals surface area contributed by atoms with Crippen LogP contribution in [0.3, 0.4) is 0 Å². The predicted molar refractivity (Wildman–Crippen MR) is 138 cm³/mol. The van der Waals surface area contributed by atoms with Crippen LogP contribution < -0.4 is 5.32 Å². The second kappa shape index (κ2) is 13.3. The Hall–Kier alpha value is -3.40. The van der Waals surface area contributed by atoms with E-state index in [4.69, 9.17) is 0 Å². The summed E-state index contributed by atoms with van der Waals surface area (Å²) in [5, 5.41) is 3.04. The molecule has 0 aliphatic carbocycles. The summed E-state index contributed by atoms with van der Waals surface area (Å²) >= 11 is 0. The molecular weight excluding hydrogens is 420 g/mol. The highest BCUT2D eigenvalue weighted by molar-refractivity contribution is 5.88. The topological polar surface area (TPSA) is 49.4 Å². The zero-order valence-corrected chi connectivity index (χ0v) is 20.3. The monoisotopic (exact) mass is 456 g/mol. The minimum absolute atomic E-state index is 0.0148. The molecule has 0 spiro atoms. The third-order valence-electron chi connectivity index (χ3n) is 6.19. The summed E-state index contributed by atoms with van der Waals surface area (Å²) in [5.74, 6) is -0.163. The molecule has 0 aliphatic heterocycles. The maximum absolute atomic E-state index is 13.9. The smallest absolute Gasteiger partial charge is 0.242 e. The molecule has 4 nitrogen and oxygen atoms in total. The lowest BCUT2D eigenvalue weighted by Crippen LogP contribution is -2.49. The van der Waals surface area contributed by atoms with Crippen molar-refractivity contribution < 1.29 is 9.59 Å². The largest absolute Gasteiger partial charge is 0.354 e. The van der Waals surface area contributed by atoms with Gasteiger partial charge < -0.3 is 10.2 Å². The van der Waals surface area contributed by atoms with Gasteiger partial charge in [-0.05, 0) is 29.5 Å². The third-order valence-corrected chi connectivity index (χ3v) is 6.19. The Bertz CT molecular complexity index is 966. The van der Waals surface area contributed by atoms with Crippen LogP contribution in [0.15, 0.2) is 91.0 Å². The molecule has 3 rings (SSSR count). The van der Waals surface area contributed by atoms with Crippen LogP contribution in [0.1, 0.15) is 62.1 Å². The maximum Gasteiger partial charge on any atom is 0.242 e. The van der Waals surface area contributed by atoms with Crippen molar-refractivity contribution in [2.75, 3.05) is 6.54 Å². The Morgan fingerprint density at radius 3 is 1.82 bits per heavy atom. The molecular formula is C30H36N2O2. The number of nitrogens with one attached hydrogen (secondary N) is 1. The van der Waals surface area contributed by atoms with Gasteiger partial charge in [-0.15, -0.1) is 0 Å². The lowest BCUT2D eigenvalue weighted by atomic mass is 9.88. The second-order valence-corrected chi connectivity index (χ2v) is 8.65. The number of carbonyl (C=O) groups excluding carboxylic acids is 2. The third kappa shape index (κ3) is 7.05. The predicted octanol–water partition coefficient (Wildman–Crippen LogP) is 5.93. The van der Waals surface area contributed by atoms with E-state index in [1.54, 1.807) is 4.90 Å². The quantitative estimate of drug-likeness (QED) is 0.343. The standard InChI is InChI=1S/C30H36N2O2/c1-3-5-21-31-30(34)28(4-2)32(23-24-15-9-6-10-16-24)29(33)22-27(25-17-11-7-12-18-25)26-19-13-8-14-20-26/h6-20,27-28H,3-5,21-23H2,1-2H3,(H,31,34). The number of amides is 2. The van der Waals surface area contributed by atoms with Crippen LogP contribution in [-0.4, -0.2) is 29.3 Å². The van der Waals surface area contributed by atoms with E-state index in [9.17, 15) is 9.59 Å². The fourth-order valence-electron chi connectivity index (χ4n) is 4.30. The van der Waals surface area contributed by atoms with Crippen LogP contribution in [0.4, 0.5) is 0 Å². The summed E-state index contributed by atoms with van der Waals surface area (Å²) < 4.78 is 0. The molecule has 3 aromatic carbocycles. The van der Waals surface area contributed by atoms with Crippen molar-refractivity contribution in [1.29, 1.82) is 0 Å². The Morgan fingerprint density at radius 1 is 0.794 bits per heavy atom. The Kier molecular flexibility index (Phi) is 9.90. The summed E-state index contributed by atoms with van der Waals surface area (Å²) in [7, 11) is 0. The number of hydrogen-bond donors (Lipinski definition) is 1. The normalized spacial score (nSPS) is 11.7. The van der Waals surface area contributed by atoms with E-state index in [1.807, 2.05) is 73.7 Å². The molecule has 3 aromatic rings. The summed E-state index contributed by atoms with van der Waals surface area (Å²) in [4.78, 5) is 28.8. The van der Waals surface area contributed by atoms with Gasteiger partial charge in [-0.1, -0.05) is 111 Å². The molecule has 0 bridgehead atoms. The van der Waals surface area contributed by atoms with Crippen molar-refractivity contribution in [3.8, 4) is 0 Å². The lowest BCUT2D eigenvalue weighted by molar-refractivity contribution is -0.141. The summed E-state index contributed by atoms with van der Waals surface area (Å²) in [6.45, 7) is 5.12. The van der Waals surface area contributed by atoms with Gasteiger partial charge in [0.25, 0.3) is 0 Å². The number of carbonyl (C=O) groups is 2. The highest BCUT2D eigenvalue weighted by atomic mass is 16.2. The van der Waals surface area contributed by atoms with Gasteiger partial charge in [0.05, 0.1) is 0 Å². The van der Waals surface area contributed by atoms with Gasteiger partial charge in [-0.25, -0.2) is 0 Å². The van der Waals surface area contributed by atoms with Gasteiger partial charge in [0.15, 0.2) is 0 Å². The fourth-order valence-corrected chi connectivity index (χ4v) is 4.30. The molecule has 0 radical (unpaired) electrons. The summed E-state index contributed by atoms with van der Waals surface area (Å²) in [6, 6.07) is 29.7. The summed E-state index contributed by atoms with van der Waals surface area (Å²) in [5.41, 5.74) is 3.22. The first kappa shape index (κ1) is 25.2. The van der Waals surface area contributed by atoms with Gasteiger partial charge >= 0.3 is 0 Å². The molecule has 1 atom stereocenters. The number of benzene rings is 3. The van der Waals surface area contributed by atoms with Gasteiger partial charge in [-0.3, -0.25) is 9.59 Å². The first-order valence-electron chi connectivity index (χ1n) is 12.3. The van der Waals surface area contributed by atoms with Crippen molar-refractivity contribution >= 4 is 11.8 Å². The zero-order valence-electron chi connectivity index (χ0n) is 20.3. The van der Waals surface area contributed by atoms with Crippen LogP contribution in [0.5, 0.6) is 0 Å². The molecule has 34 heavy (non-hydrogen) atoms. The minimum atomic E-state index is -0.503. The molecule has 0 saturated carbocycles. The molecule has 0 heterocycles. The van der Waals surface area contributed by atoms with Crippen molar-refractivity contribution in [2.45, 2.75) is 58.0 Å². The molecule has 2 amide bonds. The molecule has 0 fully saturated rings. The van der Waals surface area contributed by atoms with Gasteiger partial charge in [0.2, 0.25) is 11.8 Å². The van der Waals surface area contributed by atoms with E-state index >= 15 is 0 Å². The van der Waals surface area contributed by atoms with Crippen LogP contribution in [0, 0.1) is 0 Å². The van der Waals surface area contributed by atoms with Crippen molar-refractivity contribution in [3.63, 3.8) is 0 Å². The Morgan fingerprint density at radius 2 is 1.32 bits per heavy atom. The summed E-state index contributed by atoms with van der Waals surface area (Å²) in [6.07, 6.45) is 2.82. The van der Waals surface area contributed by atoms with Crippen molar-refractivity contribution in [2.24, 2.45) is 0 Å². The molecule has 0 aromatic heterocycles. The number of rotatable bonds is 12. The second-order valence-electron chi connectivity index (χ2n) is 8.65. The van der Waals surface area contributed by atoms with Crippen LogP contribution in [0.2, 0.25) is 0 Å². The SMILES string of the molecule is CCCCNC(=O)C(CC)N(Cc1ccccc1)C(=O)CC(c1ccccc1)c1ccccc1. The molecule has 1 N–H and O–H groups in total. The average Bonchev–Trinajstić information content (AvgIpc) is 2.89. The van der Waals surface area contributed by atoms with Crippen molar-refractivity contribution in [1.82, 2.24) is 10.2 Å².